The van der Waals surface area contributed by atoms with Gasteiger partial charge in [0.25, 0.3) is 0 Å². The molecular weight excluding hydrogens is 349 g/mol. The maximum absolute atomic E-state index is 11.6. The van der Waals surface area contributed by atoms with E-state index in [1.807, 2.05) is 37.3 Å². The lowest BCUT2D eigenvalue weighted by molar-refractivity contribution is 0.188. The Morgan fingerprint density at radius 1 is 1.41 bits per heavy atom. The van der Waals surface area contributed by atoms with E-state index in [4.69, 9.17) is 11.6 Å². The van der Waals surface area contributed by atoms with E-state index in [0.717, 1.165) is 18.4 Å². The highest BCUT2D eigenvalue weighted by Crippen LogP contribution is 2.31. The fourth-order valence-corrected chi connectivity index (χ4v) is 3.09. The molecular formula is C13H17ClINO. The smallest absolute Gasteiger partial charge is 0.311 e. The van der Waals surface area contributed by atoms with Crippen LogP contribution in [0.2, 0.25) is 0 Å². The Kier molecular flexibility index (Phi) is 5.73. The molecule has 0 N–H and O–H groups in total. The molecule has 1 unspecified atom stereocenters. The van der Waals surface area contributed by atoms with Crippen LogP contribution in [-0.2, 0) is 6.54 Å². The SMILES string of the molecule is CCCC(C)(I)N(Cc1ccccc1)C(=O)Cl. The number of amides is 1. The second-order valence-corrected chi connectivity index (χ2v) is 6.86. The molecule has 0 radical (unpaired) electrons. The number of hydrogen-bond donors (Lipinski definition) is 0. The van der Waals surface area contributed by atoms with Crippen LogP contribution in [0.25, 0.3) is 0 Å². The summed E-state index contributed by atoms with van der Waals surface area (Å²) in [5, 5.41) is -0.390. The maximum Gasteiger partial charge on any atom is 0.317 e. The van der Waals surface area contributed by atoms with Crippen LogP contribution in [0.5, 0.6) is 0 Å². The molecule has 94 valence electrons. The maximum atomic E-state index is 11.6. The summed E-state index contributed by atoms with van der Waals surface area (Å²) in [7, 11) is 0. The molecule has 0 aliphatic heterocycles. The first-order valence-electron chi connectivity index (χ1n) is 5.67. The fraction of sp³-hybridized carbons (Fsp3) is 0.462. The first-order valence-corrected chi connectivity index (χ1v) is 7.13. The number of carbonyl (C=O) groups excluding carboxylic acids is 1. The van der Waals surface area contributed by atoms with Crippen LogP contribution in [0.4, 0.5) is 4.79 Å². The molecule has 0 saturated heterocycles. The average Bonchev–Trinajstić information content (AvgIpc) is 2.26. The molecule has 0 bridgehead atoms. The molecule has 1 atom stereocenters. The Balaban J connectivity index is 2.84. The summed E-state index contributed by atoms with van der Waals surface area (Å²) in [6, 6.07) is 9.91. The van der Waals surface area contributed by atoms with E-state index in [0.29, 0.717) is 6.54 Å². The summed E-state index contributed by atoms with van der Waals surface area (Å²) in [6.07, 6.45) is 1.95. The Labute approximate surface area is 121 Å². The molecule has 0 aliphatic carbocycles. The van der Waals surface area contributed by atoms with Gasteiger partial charge in [0.15, 0.2) is 0 Å². The molecule has 0 fully saturated rings. The van der Waals surface area contributed by atoms with Gasteiger partial charge in [-0.3, -0.25) is 4.79 Å². The van der Waals surface area contributed by atoms with E-state index in [2.05, 4.69) is 29.5 Å². The van der Waals surface area contributed by atoms with Crippen molar-refractivity contribution in [2.75, 3.05) is 0 Å². The van der Waals surface area contributed by atoms with Crippen molar-refractivity contribution in [2.45, 2.75) is 36.8 Å². The van der Waals surface area contributed by atoms with Gasteiger partial charge in [0, 0.05) is 6.54 Å². The van der Waals surface area contributed by atoms with Crippen LogP contribution >= 0.6 is 34.2 Å². The third-order valence-corrected chi connectivity index (χ3v) is 3.99. The zero-order valence-electron chi connectivity index (χ0n) is 10.1. The summed E-state index contributed by atoms with van der Waals surface area (Å²) in [5.74, 6) is 0. The minimum Gasteiger partial charge on any atom is -0.311 e. The van der Waals surface area contributed by atoms with Crippen LogP contribution in [0.3, 0.4) is 0 Å². The number of nitrogens with zero attached hydrogens (tertiary/aromatic N) is 1. The van der Waals surface area contributed by atoms with Crippen LogP contribution in [0.15, 0.2) is 30.3 Å². The van der Waals surface area contributed by atoms with Gasteiger partial charge in [0.1, 0.15) is 0 Å². The zero-order chi connectivity index (χ0) is 12.9. The van der Waals surface area contributed by atoms with Gasteiger partial charge in [0.05, 0.1) is 3.55 Å². The van der Waals surface area contributed by atoms with Crippen molar-refractivity contribution < 1.29 is 4.79 Å². The predicted molar refractivity (Wildman–Crippen MR) is 80.6 cm³/mol. The van der Waals surface area contributed by atoms with Gasteiger partial charge >= 0.3 is 5.37 Å². The molecule has 1 amide bonds. The van der Waals surface area contributed by atoms with E-state index in [1.54, 1.807) is 4.90 Å². The van der Waals surface area contributed by atoms with Crippen molar-refractivity contribution in [3.05, 3.63) is 35.9 Å². The summed E-state index contributed by atoms with van der Waals surface area (Å²) < 4.78 is -0.235. The zero-order valence-corrected chi connectivity index (χ0v) is 13.0. The van der Waals surface area contributed by atoms with Gasteiger partial charge in [0.2, 0.25) is 0 Å². The third kappa shape index (κ3) is 4.47. The lowest BCUT2D eigenvalue weighted by Gasteiger charge is -2.35. The van der Waals surface area contributed by atoms with Crippen LogP contribution in [0, 0.1) is 0 Å². The normalized spacial score (nSPS) is 14.1. The molecule has 0 spiro atoms. The Hall–Kier alpha value is -0.290. The predicted octanol–water partition coefficient (Wildman–Crippen LogP) is 4.80. The number of hydrogen-bond acceptors (Lipinski definition) is 1. The van der Waals surface area contributed by atoms with Gasteiger partial charge in [-0.2, -0.15) is 0 Å². The van der Waals surface area contributed by atoms with Crippen molar-refractivity contribution >= 4 is 39.6 Å². The number of alkyl halides is 1. The largest absolute Gasteiger partial charge is 0.317 e. The minimum atomic E-state index is -0.390. The lowest BCUT2D eigenvalue weighted by Crippen LogP contribution is -2.42. The molecule has 0 saturated carbocycles. The number of benzene rings is 1. The number of halogens is 2. The quantitative estimate of drug-likeness (QED) is 0.318. The monoisotopic (exact) mass is 365 g/mol. The van der Waals surface area contributed by atoms with Gasteiger partial charge in [-0.1, -0.05) is 66.3 Å². The van der Waals surface area contributed by atoms with Crippen molar-refractivity contribution in [1.29, 1.82) is 0 Å². The first-order chi connectivity index (χ1) is 7.97. The third-order valence-electron chi connectivity index (χ3n) is 2.66. The first kappa shape index (κ1) is 14.8. The molecule has 0 aliphatic rings. The van der Waals surface area contributed by atoms with Crippen LogP contribution in [0.1, 0.15) is 32.3 Å². The minimum absolute atomic E-state index is 0.235. The second-order valence-electron chi connectivity index (χ2n) is 4.22. The van der Waals surface area contributed by atoms with E-state index >= 15 is 0 Å². The van der Waals surface area contributed by atoms with Gasteiger partial charge < -0.3 is 4.90 Å². The van der Waals surface area contributed by atoms with Crippen LogP contribution < -0.4 is 0 Å². The molecule has 1 rings (SSSR count). The van der Waals surface area contributed by atoms with Crippen molar-refractivity contribution in [2.24, 2.45) is 0 Å². The summed E-state index contributed by atoms with van der Waals surface area (Å²) in [5.41, 5.74) is 1.10. The van der Waals surface area contributed by atoms with Crippen molar-refractivity contribution in [3.8, 4) is 0 Å². The topological polar surface area (TPSA) is 20.3 Å². The van der Waals surface area contributed by atoms with E-state index < -0.39 is 0 Å². The fourth-order valence-electron chi connectivity index (χ4n) is 1.77. The van der Waals surface area contributed by atoms with Gasteiger partial charge in [-0.05, 0) is 30.5 Å². The average molecular weight is 366 g/mol. The van der Waals surface area contributed by atoms with Crippen molar-refractivity contribution in [3.63, 3.8) is 0 Å². The molecule has 0 heterocycles. The summed E-state index contributed by atoms with van der Waals surface area (Å²) >= 11 is 8.00. The molecule has 1 aromatic carbocycles. The van der Waals surface area contributed by atoms with Gasteiger partial charge in [-0.15, -0.1) is 0 Å². The molecule has 1 aromatic rings. The lowest BCUT2D eigenvalue weighted by atomic mass is 10.1. The van der Waals surface area contributed by atoms with E-state index in [9.17, 15) is 4.79 Å². The number of rotatable bonds is 5. The Bertz CT molecular complexity index is 367. The van der Waals surface area contributed by atoms with E-state index in [-0.39, 0.29) is 8.91 Å². The molecule has 2 nitrogen and oxygen atoms in total. The second kappa shape index (κ2) is 6.59. The van der Waals surface area contributed by atoms with Crippen molar-refractivity contribution in [1.82, 2.24) is 4.90 Å². The highest BCUT2D eigenvalue weighted by atomic mass is 127. The van der Waals surface area contributed by atoms with Gasteiger partial charge in [-0.25, -0.2) is 0 Å². The summed E-state index contributed by atoms with van der Waals surface area (Å²) in [4.78, 5) is 13.3. The Morgan fingerprint density at radius 3 is 2.47 bits per heavy atom. The molecule has 17 heavy (non-hydrogen) atoms. The number of carbonyl (C=O) groups is 1. The molecule has 0 aromatic heterocycles. The molecule has 4 heteroatoms. The van der Waals surface area contributed by atoms with Crippen LogP contribution in [-0.4, -0.2) is 13.8 Å². The highest BCUT2D eigenvalue weighted by Gasteiger charge is 2.30. The Morgan fingerprint density at radius 2 is 2.00 bits per heavy atom. The highest BCUT2D eigenvalue weighted by molar-refractivity contribution is 14.1. The standard InChI is InChI=1S/C13H17ClINO/c1-3-9-13(2,15)16(12(14)17)10-11-7-5-4-6-8-11/h4-8H,3,9-10H2,1-2H3. The van der Waals surface area contributed by atoms with E-state index in [1.165, 1.54) is 0 Å². The summed E-state index contributed by atoms with van der Waals surface area (Å²) in [6.45, 7) is 4.71.